The van der Waals surface area contributed by atoms with E-state index in [4.69, 9.17) is 20.5 Å². The molecule has 2 aromatic heterocycles. The third-order valence-electron chi connectivity index (χ3n) is 4.63. The van der Waals surface area contributed by atoms with E-state index in [-0.39, 0.29) is 21.5 Å². The Morgan fingerprint density at radius 1 is 0.714 bits per heavy atom. The van der Waals surface area contributed by atoms with Gasteiger partial charge in [0.25, 0.3) is 20.0 Å². The lowest BCUT2D eigenvalue weighted by Gasteiger charge is -2.05. The fourth-order valence-corrected chi connectivity index (χ4v) is 4.63. The molecule has 186 valence electrons. The molecule has 0 fully saturated rings. The van der Waals surface area contributed by atoms with Crippen molar-refractivity contribution in [1.29, 1.82) is 0 Å². The number of nitrogen functional groups attached to an aromatic ring is 2. The van der Waals surface area contributed by atoms with Crippen molar-refractivity contribution in [2.75, 3.05) is 20.9 Å². The third kappa shape index (κ3) is 6.51. The van der Waals surface area contributed by atoms with Gasteiger partial charge in [-0.15, -0.1) is 0 Å². The Labute approximate surface area is 202 Å². The van der Waals surface area contributed by atoms with Gasteiger partial charge in [0.15, 0.2) is 5.82 Å². The second kappa shape index (κ2) is 10.1. The van der Waals surface area contributed by atoms with Crippen LogP contribution in [0.4, 0.5) is 23.1 Å². The molecule has 0 amide bonds. The third-order valence-corrected chi connectivity index (χ3v) is 7.35. The average molecular weight is 521 g/mol. The second-order valence-electron chi connectivity index (χ2n) is 7.39. The number of nitrogens with zero attached hydrogens (tertiary/aromatic N) is 2. The number of anilines is 4. The van der Waals surface area contributed by atoms with Crippen LogP contribution in [0, 0.1) is 20.8 Å². The Morgan fingerprint density at radius 3 is 1.60 bits per heavy atom. The minimum Gasteiger partial charge on any atom is -0.399 e. The summed E-state index contributed by atoms with van der Waals surface area (Å²) in [7, 11) is -7.32. The normalized spacial score (nSPS) is 11.4. The Balaban J connectivity index is 0.000000196. The van der Waals surface area contributed by atoms with Gasteiger partial charge in [0.1, 0.15) is 5.76 Å². The molecule has 35 heavy (non-hydrogen) atoms. The molecule has 4 rings (SSSR count). The van der Waals surface area contributed by atoms with Crippen LogP contribution in [0.5, 0.6) is 0 Å². The predicted molar refractivity (Wildman–Crippen MR) is 131 cm³/mol. The van der Waals surface area contributed by atoms with Crippen molar-refractivity contribution in [1.82, 2.24) is 10.3 Å². The first-order valence-electron chi connectivity index (χ1n) is 10.0. The summed E-state index contributed by atoms with van der Waals surface area (Å²) in [5.74, 6) is 0.809. The largest absolute Gasteiger partial charge is 0.399 e. The van der Waals surface area contributed by atoms with E-state index in [1.54, 1.807) is 20.8 Å². The van der Waals surface area contributed by atoms with E-state index in [0.29, 0.717) is 28.4 Å². The molecule has 4 aromatic rings. The molecule has 0 aliphatic heterocycles. The molecule has 0 saturated heterocycles. The molecule has 0 radical (unpaired) electrons. The number of aryl methyl sites for hydroxylation is 2. The minimum absolute atomic E-state index is 0.116. The van der Waals surface area contributed by atoms with Gasteiger partial charge in [-0.05, 0) is 69.3 Å². The standard InChI is InChI=1S/C11H13N3O3S.C10H11N3O3S/c1-7-8(2)13-17-11(7)14-18(15,16)10-5-3-9(12)4-6-10;1-7-6-10(12-16-7)13-17(14,15)9-4-2-8(11)3-5-9/h3-6,14H,12H2,1-2H3;2-6H,11H2,1H3,(H,12,13). The predicted octanol–water partition coefficient (Wildman–Crippen LogP) is 3.04. The molecule has 12 nitrogen and oxygen atoms in total. The minimum atomic E-state index is -3.68. The number of aromatic nitrogens is 2. The van der Waals surface area contributed by atoms with Crippen LogP contribution < -0.4 is 20.9 Å². The molecule has 0 bridgehead atoms. The number of benzene rings is 2. The van der Waals surface area contributed by atoms with Gasteiger partial charge >= 0.3 is 0 Å². The molecular formula is C21H24N6O6S2. The lowest BCUT2D eigenvalue weighted by Crippen LogP contribution is -2.13. The molecule has 0 aliphatic rings. The summed E-state index contributed by atoms with van der Waals surface area (Å²) in [6.07, 6.45) is 0. The van der Waals surface area contributed by atoms with Gasteiger partial charge in [-0.1, -0.05) is 10.3 Å². The number of rotatable bonds is 6. The SMILES string of the molecule is Cc1cc(NS(=O)(=O)c2ccc(N)cc2)no1.Cc1noc(NS(=O)(=O)c2ccc(N)cc2)c1C. The van der Waals surface area contributed by atoms with Crippen molar-refractivity contribution in [2.45, 2.75) is 30.6 Å². The zero-order valence-electron chi connectivity index (χ0n) is 19.0. The first-order valence-corrected chi connectivity index (χ1v) is 13.0. The van der Waals surface area contributed by atoms with E-state index in [9.17, 15) is 16.8 Å². The molecule has 2 heterocycles. The highest BCUT2D eigenvalue weighted by Gasteiger charge is 2.19. The molecule has 14 heteroatoms. The van der Waals surface area contributed by atoms with Crippen LogP contribution in [0.1, 0.15) is 17.0 Å². The van der Waals surface area contributed by atoms with E-state index in [0.717, 1.165) is 0 Å². The quantitative estimate of drug-likeness (QED) is 0.274. The average Bonchev–Trinajstić information content (AvgIpc) is 3.33. The van der Waals surface area contributed by atoms with Crippen molar-refractivity contribution in [3.63, 3.8) is 0 Å². The Bertz CT molecular complexity index is 1510. The van der Waals surface area contributed by atoms with E-state index in [1.807, 2.05) is 0 Å². The highest BCUT2D eigenvalue weighted by molar-refractivity contribution is 7.93. The molecule has 0 unspecified atom stereocenters. The maximum Gasteiger partial charge on any atom is 0.264 e. The van der Waals surface area contributed by atoms with Crippen LogP contribution >= 0.6 is 0 Å². The highest BCUT2D eigenvalue weighted by Crippen LogP contribution is 2.22. The van der Waals surface area contributed by atoms with Crippen molar-refractivity contribution in [2.24, 2.45) is 0 Å². The molecule has 2 aromatic carbocycles. The summed E-state index contributed by atoms with van der Waals surface area (Å²) in [6.45, 7) is 5.14. The molecule has 0 aliphatic carbocycles. The Hall–Kier alpha value is -4.04. The highest BCUT2D eigenvalue weighted by atomic mass is 32.2. The topological polar surface area (TPSA) is 196 Å². The van der Waals surface area contributed by atoms with Crippen LogP contribution in [-0.2, 0) is 20.0 Å². The zero-order valence-corrected chi connectivity index (χ0v) is 20.6. The summed E-state index contributed by atoms with van der Waals surface area (Å²) in [6, 6.07) is 13.3. The van der Waals surface area contributed by atoms with Crippen LogP contribution in [0.3, 0.4) is 0 Å². The van der Waals surface area contributed by atoms with Gasteiger partial charge in [0.2, 0.25) is 5.88 Å². The van der Waals surface area contributed by atoms with Crippen LogP contribution in [0.25, 0.3) is 0 Å². The van der Waals surface area contributed by atoms with Gasteiger partial charge in [-0.25, -0.2) is 21.6 Å². The number of hydrogen-bond acceptors (Lipinski definition) is 10. The summed E-state index contributed by atoms with van der Waals surface area (Å²) in [5.41, 5.74) is 13.3. The molecule has 0 spiro atoms. The van der Waals surface area contributed by atoms with Gasteiger partial charge in [-0.3, -0.25) is 4.72 Å². The van der Waals surface area contributed by atoms with E-state index in [1.165, 1.54) is 54.6 Å². The van der Waals surface area contributed by atoms with Crippen molar-refractivity contribution in [3.8, 4) is 0 Å². The maximum atomic E-state index is 12.0. The van der Waals surface area contributed by atoms with Crippen LogP contribution in [-0.4, -0.2) is 27.1 Å². The monoisotopic (exact) mass is 520 g/mol. The number of nitrogens with two attached hydrogens (primary N) is 2. The summed E-state index contributed by atoms with van der Waals surface area (Å²) >= 11 is 0. The Morgan fingerprint density at radius 2 is 1.20 bits per heavy atom. The molecule has 0 saturated carbocycles. The number of nitrogens with one attached hydrogen (secondary N) is 2. The van der Waals surface area contributed by atoms with Crippen molar-refractivity contribution in [3.05, 3.63) is 71.6 Å². The molecule has 6 N–H and O–H groups in total. The maximum absolute atomic E-state index is 12.0. The van der Waals surface area contributed by atoms with E-state index in [2.05, 4.69) is 19.8 Å². The van der Waals surface area contributed by atoms with Crippen LogP contribution in [0.15, 0.2) is 73.4 Å². The summed E-state index contributed by atoms with van der Waals surface area (Å²) in [4.78, 5) is 0.234. The lowest BCUT2D eigenvalue weighted by atomic mass is 10.3. The number of hydrogen-bond donors (Lipinski definition) is 4. The van der Waals surface area contributed by atoms with Gasteiger partial charge < -0.3 is 20.5 Å². The summed E-state index contributed by atoms with van der Waals surface area (Å²) in [5, 5.41) is 7.24. The van der Waals surface area contributed by atoms with Crippen LogP contribution in [0.2, 0.25) is 0 Å². The van der Waals surface area contributed by atoms with E-state index < -0.39 is 20.0 Å². The first-order chi connectivity index (χ1) is 16.4. The van der Waals surface area contributed by atoms with Crippen molar-refractivity contribution < 1.29 is 25.9 Å². The smallest absolute Gasteiger partial charge is 0.264 e. The summed E-state index contributed by atoms with van der Waals surface area (Å²) < 4.78 is 62.2. The number of sulfonamides is 2. The fraction of sp³-hybridized carbons (Fsp3) is 0.143. The molecular weight excluding hydrogens is 496 g/mol. The first kappa shape index (κ1) is 25.6. The Kier molecular flexibility index (Phi) is 7.36. The van der Waals surface area contributed by atoms with Gasteiger partial charge in [-0.2, -0.15) is 0 Å². The van der Waals surface area contributed by atoms with Gasteiger partial charge in [0, 0.05) is 23.0 Å². The van der Waals surface area contributed by atoms with E-state index >= 15 is 0 Å². The fourth-order valence-electron chi connectivity index (χ4n) is 2.60. The van der Waals surface area contributed by atoms with Gasteiger partial charge in [0.05, 0.1) is 15.5 Å². The van der Waals surface area contributed by atoms with Crippen molar-refractivity contribution >= 4 is 43.1 Å². The second-order valence-corrected chi connectivity index (χ2v) is 10.8. The molecule has 0 atom stereocenters. The zero-order chi connectivity index (χ0) is 25.8. The lowest BCUT2D eigenvalue weighted by molar-refractivity contribution is 0.400.